The molecular formula is C20H19N3. The molecule has 114 valence electrons. The first-order valence-electron chi connectivity index (χ1n) is 7.90. The predicted octanol–water partition coefficient (Wildman–Crippen LogP) is 3.07. The molecule has 23 heavy (non-hydrogen) atoms. The highest BCUT2D eigenvalue weighted by atomic mass is 15.2. The van der Waals surface area contributed by atoms with Crippen molar-refractivity contribution in [1.82, 2.24) is 16.0 Å². The van der Waals surface area contributed by atoms with Crippen molar-refractivity contribution < 1.29 is 0 Å². The molecule has 0 unspecified atom stereocenters. The summed E-state index contributed by atoms with van der Waals surface area (Å²) in [4.78, 5) is 0. The van der Waals surface area contributed by atoms with Crippen LogP contribution in [0.25, 0.3) is 11.4 Å². The topological polar surface area (TPSA) is 36.1 Å². The van der Waals surface area contributed by atoms with E-state index in [0.29, 0.717) is 0 Å². The number of allylic oxidation sites excluding steroid dienone is 2. The first-order chi connectivity index (χ1) is 11.4. The Labute approximate surface area is 136 Å². The molecule has 4 rings (SSSR count). The minimum atomic E-state index is 0.0605. The number of hydrogen-bond acceptors (Lipinski definition) is 3. The molecule has 2 aromatic rings. The van der Waals surface area contributed by atoms with Crippen molar-refractivity contribution >= 4 is 11.4 Å². The van der Waals surface area contributed by atoms with Gasteiger partial charge in [-0.3, -0.25) is 0 Å². The summed E-state index contributed by atoms with van der Waals surface area (Å²) >= 11 is 0. The van der Waals surface area contributed by atoms with Gasteiger partial charge in [-0.05, 0) is 17.2 Å². The van der Waals surface area contributed by atoms with Crippen LogP contribution in [-0.2, 0) is 0 Å². The fourth-order valence-corrected chi connectivity index (χ4v) is 2.96. The van der Waals surface area contributed by atoms with Crippen molar-refractivity contribution in [3.05, 3.63) is 95.7 Å². The van der Waals surface area contributed by atoms with E-state index < -0.39 is 0 Å². The monoisotopic (exact) mass is 301 g/mol. The smallest absolute Gasteiger partial charge is 0.138 e. The lowest BCUT2D eigenvalue weighted by Gasteiger charge is -2.21. The minimum absolute atomic E-state index is 0.0605. The Hall–Kier alpha value is -2.94. The lowest BCUT2D eigenvalue weighted by molar-refractivity contribution is 0.611. The van der Waals surface area contributed by atoms with E-state index in [1.165, 1.54) is 11.1 Å². The molecule has 0 radical (unpaired) electrons. The summed E-state index contributed by atoms with van der Waals surface area (Å²) in [5.74, 6) is 0. The summed E-state index contributed by atoms with van der Waals surface area (Å²) in [5, 5.41) is 10.7. The van der Waals surface area contributed by atoms with Crippen LogP contribution >= 0.6 is 0 Å². The largest absolute Gasteiger partial charge is 0.382 e. The summed E-state index contributed by atoms with van der Waals surface area (Å²) in [5.41, 5.74) is 5.81. The van der Waals surface area contributed by atoms with E-state index in [9.17, 15) is 0 Å². The molecule has 0 saturated carbocycles. The van der Waals surface area contributed by atoms with E-state index in [1.54, 1.807) is 0 Å². The zero-order chi connectivity index (χ0) is 15.5. The zero-order valence-corrected chi connectivity index (χ0v) is 12.8. The molecule has 0 saturated heterocycles. The van der Waals surface area contributed by atoms with E-state index in [0.717, 1.165) is 23.6 Å². The second-order valence-electron chi connectivity index (χ2n) is 5.63. The van der Waals surface area contributed by atoms with Gasteiger partial charge in [-0.2, -0.15) is 0 Å². The zero-order valence-electron chi connectivity index (χ0n) is 12.8. The number of dihydropyridines is 1. The molecule has 0 aliphatic carbocycles. The van der Waals surface area contributed by atoms with Crippen molar-refractivity contribution in [2.45, 2.75) is 6.17 Å². The van der Waals surface area contributed by atoms with Gasteiger partial charge in [-0.1, -0.05) is 72.8 Å². The summed E-state index contributed by atoms with van der Waals surface area (Å²) in [6.45, 7) is 0.868. The van der Waals surface area contributed by atoms with Gasteiger partial charge in [-0.25, -0.2) is 0 Å². The Morgan fingerprint density at radius 2 is 1.30 bits per heavy atom. The third kappa shape index (κ3) is 2.73. The molecule has 3 heteroatoms. The van der Waals surface area contributed by atoms with Crippen LogP contribution in [-0.4, -0.2) is 12.7 Å². The molecule has 2 aromatic carbocycles. The Balaban J connectivity index is 1.73. The molecule has 3 nitrogen and oxygen atoms in total. The average molecular weight is 301 g/mol. The second kappa shape index (κ2) is 6.05. The van der Waals surface area contributed by atoms with Gasteiger partial charge in [0, 0.05) is 6.54 Å². The number of nitrogens with one attached hydrogen (secondary N) is 3. The van der Waals surface area contributed by atoms with Crippen LogP contribution in [0.2, 0.25) is 0 Å². The second-order valence-corrected chi connectivity index (χ2v) is 5.63. The summed E-state index contributed by atoms with van der Waals surface area (Å²) in [7, 11) is 0. The molecular weight excluding hydrogens is 282 g/mol. The van der Waals surface area contributed by atoms with Gasteiger partial charge in [0.15, 0.2) is 0 Å². The normalized spacial score (nSPS) is 17.3. The van der Waals surface area contributed by atoms with Gasteiger partial charge >= 0.3 is 0 Å². The fourth-order valence-electron chi connectivity index (χ4n) is 2.96. The number of rotatable bonds is 3. The van der Waals surface area contributed by atoms with Gasteiger partial charge in [0.2, 0.25) is 0 Å². The molecule has 0 spiro atoms. The maximum absolute atomic E-state index is 3.63. The van der Waals surface area contributed by atoms with Crippen molar-refractivity contribution in [3.63, 3.8) is 0 Å². The molecule has 2 aliphatic heterocycles. The standard InChI is InChI=1S/C20H19N3/c1-3-9-15(10-4-1)18-19(16-11-5-2-6-12-16)23-20(22-18)17-13-7-8-14-21-17/h1-13,20-23H,14H2. The van der Waals surface area contributed by atoms with Crippen LogP contribution in [0.15, 0.2) is 84.6 Å². The molecule has 0 aromatic heterocycles. The summed E-state index contributed by atoms with van der Waals surface area (Å²) < 4.78 is 0. The highest BCUT2D eigenvalue weighted by Crippen LogP contribution is 2.28. The Morgan fingerprint density at radius 3 is 1.78 bits per heavy atom. The lowest BCUT2D eigenvalue weighted by Crippen LogP contribution is -2.40. The van der Waals surface area contributed by atoms with Crippen LogP contribution in [0.5, 0.6) is 0 Å². The van der Waals surface area contributed by atoms with E-state index in [4.69, 9.17) is 0 Å². The van der Waals surface area contributed by atoms with Crippen LogP contribution in [0.4, 0.5) is 0 Å². The van der Waals surface area contributed by atoms with Crippen LogP contribution in [0, 0.1) is 0 Å². The maximum atomic E-state index is 3.63. The van der Waals surface area contributed by atoms with Crippen molar-refractivity contribution in [1.29, 1.82) is 0 Å². The summed E-state index contributed by atoms with van der Waals surface area (Å²) in [6, 6.07) is 20.9. The van der Waals surface area contributed by atoms with Gasteiger partial charge in [-0.15, -0.1) is 0 Å². The van der Waals surface area contributed by atoms with Gasteiger partial charge in [0.05, 0.1) is 17.1 Å². The molecule has 3 N–H and O–H groups in total. The van der Waals surface area contributed by atoms with Gasteiger partial charge in [0.1, 0.15) is 6.17 Å². The first-order valence-corrected chi connectivity index (χ1v) is 7.90. The molecule has 0 amide bonds. The van der Waals surface area contributed by atoms with Crippen molar-refractivity contribution in [3.8, 4) is 0 Å². The van der Waals surface area contributed by atoms with Crippen molar-refractivity contribution in [2.75, 3.05) is 6.54 Å². The maximum Gasteiger partial charge on any atom is 0.138 e. The van der Waals surface area contributed by atoms with Gasteiger partial charge in [0.25, 0.3) is 0 Å². The molecule has 0 fully saturated rings. The fraction of sp³-hybridized carbons (Fsp3) is 0.100. The van der Waals surface area contributed by atoms with Crippen LogP contribution in [0.3, 0.4) is 0 Å². The minimum Gasteiger partial charge on any atom is -0.382 e. The van der Waals surface area contributed by atoms with Gasteiger partial charge < -0.3 is 16.0 Å². The molecule has 0 atom stereocenters. The van der Waals surface area contributed by atoms with Crippen molar-refractivity contribution in [2.24, 2.45) is 0 Å². The quantitative estimate of drug-likeness (QED) is 0.815. The third-order valence-electron chi connectivity index (χ3n) is 4.10. The molecule has 2 heterocycles. The molecule has 2 aliphatic rings. The summed E-state index contributed by atoms with van der Waals surface area (Å²) in [6.07, 6.45) is 6.38. The highest BCUT2D eigenvalue weighted by molar-refractivity contribution is 5.91. The number of hydrogen-bond donors (Lipinski definition) is 3. The predicted molar refractivity (Wildman–Crippen MR) is 95.0 cm³/mol. The van der Waals surface area contributed by atoms with Crippen LogP contribution in [0.1, 0.15) is 11.1 Å². The third-order valence-corrected chi connectivity index (χ3v) is 4.10. The Bertz CT molecular complexity index is 722. The first kappa shape index (κ1) is 13.7. The van der Waals surface area contributed by atoms with E-state index in [-0.39, 0.29) is 6.17 Å². The van der Waals surface area contributed by atoms with E-state index >= 15 is 0 Å². The van der Waals surface area contributed by atoms with E-state index in [1.807, 2.05) is 12.1 Å². The average Bonchev–Trinajstić information content (AvgIpc) is 3.09. The highest BCUT2D eigenvalue weighted by Gasteiger charge is 2.27. The molecule has 0 bridgehead atoms. The van der Waals surface area contributed by atoms with E-state index in [2.05, 4.69) is 82.7 Å². The SMILES string of the molecule is C1=CCNC(C2NC(c3ccccc3)=C(c3ccccc3)N2)=C1. The Kier molecular flexibility index (Phi) is 3.60. The van der Waals surface area contributed by atoms with Crippen LogP contribution < -0.4 is 16.0 Å². The Morgan fingerprint density at radius 1 is 0.739 bits per heavy atom. The lowest BCUT2D eigenvalue weighted by atomic mass is 10.1. The number of benzene rings is 2.